The van der Waals surface area contributed by atoms with Crippen LogP contribution in [0.1, 0.15) is 48.0 Å². The van der Waals surface area contributed by atoms with Crippen LogP contribution < -0.4 is 4.72 Å². The molecule has 4 rings (SSSR count). The van der Waals surface area contributed by atoms with Crippen molar-refractivity contribution in [2.45, 2.75) is 44.7 Å². The van der Waals surface area contributed by atoms with Crippen LogP contribution in [0.15, 0.2) is 53.7 Å². The molecule has 2 aromatic carbocycles. The van der Waals surface area contributed by atoms with Gasteiger partial charge in [0.2, 0.25) is 0 Å². The molecular weight excluding hydrogens is 448 g/mol. The van der Waals surface area contributed by atoms with E-state index in [1.165, 1.54) is 11.6 Å². The van der Waals surface area contributed by atoms with Gasteiger partial charge < -0.3 is 0 Å². The summed E-state index contributed by atoms with van der Waals surface area (Å²) in [4.78, 5) is 9.15. The summed E-state index contributed by atoms with van der Waals surface area (Å²) < 4.78 is 28.5. The maximum absolute atomic E-state index is 12.3. The molecule has 0 saturated heterocycles. The average Bonchev–Trinajstić information content (AvgIpc) is 3.32. The zero-order valence-electron chi connectivity index (χ0n) is 19.4. The Hall–Kier alpha value is -3.61. The second kappa shape index (κ2) is 9.71. The van der Waals surface area contributed by atoms with Crippen LogP contribution in [0.3, 0.4) is 0 Å². The molecule has 0 saturated carbocycles. The van der Waals surface area contributed by atoms with Crippen molar-refractivity contribution in [3.63, 3.8) is 0 Å². The summed E-state index contributed by atoms with van der Waals surface area (Å²) in [5.74, 6) is 0.596. The number of rotatable bonds is 8. The van der Waals surface area contributed by atoms with Crippen LogP contribution in [-0.4, -0.2) is 35.0 Å². The molecule has 0 aliphatic heterocycles. The van der Waals surface area contributed by atoms with Crippen LogP contribution in [0.25, 0.3) is 16.8 Å². The van der Waals surface area contributed by atoms with Gasteiger partial charge in [-0.05, 0) is 49.6 Å². The van der Waals surface area contributed by atoms with Crippen molar-refractivity contribution in [2.24, 2.45) is 0 Å². The van der Waals surface area contributed by atoms with E-state index in [2.05, 4.69) is 27.8 Å². The van der Waals surface area contributed by atoms with Gasteiger partial charge in [-0.2, -0.15) is 14.8 Å². The van der Waals surface area contributed by atoms with E-state index in [-0.39, 0.29) is 5.16 Å². The lowest BCUT2D eigenvalue weighted by Crippen LogP contribution is -2.20. The van der Waals surface area contributed by atoms with E-state index in [0.29, 0.717) is 23.5 Å². The van der Waals surface area contributed by atoms with Gasteiger partial charge in [0.15, 0.2) is 5.65 Å². The number of nitrogens with zero attached hydrogens (tertiary/aromatic N) is 5. The molecular formula is C25H26N6O2S. The highest BCUT2D eigenvalue weighted by atomic mass is 32.2. The van der Waals surface area contributed by atoms with Crippen molar-refractivity contribution in [1.29, 1.82) is 5.26 Å². The smallest absolute Gasteiger partial charge is 0.238 e. The first kappa shape index (κ1) is 23.5. The topological polar surface area (TPSA) is 113 Å². The third kappa shape index (κ3) is 4.55. The Labute approximate surface area is 199 Å². The first-order valence-corrected chi connectivity index (χ1v) is 12.6. The largest absolute Gasteiger partial charge is 0.283 e. The van der Waals surface area contributed by atoms with Gasteiger partial charge in [0, 0.05) is 17.7 Å². The Morgan fingerprint density at radius 2 is 1.82 bits per heavy atom. The lowest BCUT2D eigenvalue weighted by Gasteiger charge is -2.12. The highest BCUT2D eigenvalue weighted by Gasteiger charge is 2.23. The third-order valence-corrected chi connectivity index (χ3v) is 6.97. The average molecular weight is 475 g/mol. The SMILES string of the molecule is CCCCc1nc(C)n2nc(S(=O)(=O)NC)nc2c1Cc1ccc(-c2ccccc2C#N)cc1. The number of hydrogen-bond donors (Lipinski definition) is 1. The molecule has 2 heterocycles. The number of benzene rings is 2. The Morgan fingerprint density at radius 3 is 2.50 bits per heavy atom. The zero-order chi connectivity index (χ0) is 24.3. The van der Waals surface area contributed by atoms with E-state index in [9.17, 15) is 13.7 Å². The van der Waals surface area contributed by atoms with Gasteiger partial charge in [-0.15, -0.1) is 5.10 Å². The molecule has 8 nitrogen and oxygen atoms in total. The van der Waals surface area contributed by atoms with E-state index in [1.54, 1.807) is 13.0 Å². The molecule has 0 aliphatic rings. The van der Waals surface area contributed by atoms with Crippen LogP contribution in [-0.2, 0) is 22.9 Å². The predicted octanol–water partition coefficient (Wildman–Crippen LogP) is 3.81. The molecule has 174 valence electrons. The van der Waals surface area contributed by atoms with Gasteiger partial charge in [0.1, 0.15) is 5.82 Å². The van der Waals surface area contributed by atoms with Crippen molar-refractivity contribution in [3.05, 3.63) is 76.7 Å². The summed E-state index contributed by atoms with van der Waals surface area (Å²) in [6.07, 6.45) is 3.30. The normalized spacial score (nSPS) is 11.6. The molecule has 0 atom stereocenters. The van der Waals surface area contributed by atoms with Crippen LogP contribution in [0.4, 0.5) is 0 Å². The summed E-state index contributed by atoms with van der Waals surface area (Å²) >= 11 is 0. The Kier molecular flexibility index (Phi) is 6.72. The molecule has 0 fully saturated rings. The lowest BCUT2D eigenvalue weighted by atomic mass is 9.96. The first-order chi connectivity index (χ1) is 16.4. The molecule has 0 spiro atoms. The van der Waals surface area contributed by atoms with Gasteiger partial charge >= 0.3 is 0 Å². The molecule has 2 aromatic heterocycles. The number of fused-ring (bicyclic) bond motifs is 1. The van der Waals surface area contributed by atoms with Crippen LogP contribution in [0.5, 0.6) is 0 Å². The van der Waals surface area contributed by atoms with Crippen molar-refractivity contribution in [3.8, 4) is 17.2 Å². The van der Waals surface area contributed by atoms with Gasteiger partial charge in [0.25, 0.3) is 15.2 Å². The van der Waals surface area contributed by atoms with Crippen LogP contribution >= 0.6 is 0 Å². The molecule has 1 N–H and O–H groups in total. The molecule has 4 aromatic rings. The Morgan fingerprint density at radius 1 is 1.09 bits per heavy atom. The number of aromatic nitrogens is 4. The molecule has 0 bridgehead atoms. The second-order valence-corrected chi connectivity index (χ2v) is 9.84. The number of sulfonamides is 1. The first-order valence-electron chi connectivity index (χ1n) is 11.1. The summed E-state index contributed by atoms with van der Waals surface area (Å²) in [7, 11) is -2.45. The summed E-state index contributed by atoms with van der Waals surface area (Å²) in [5, 5.41) is 13.4. The second-order valence-electron chi connectivity index (χ2n) is 8.06. The van der Waals surface area contributed by atoms with E-state index in [1.807, 2.05) is 42.5 Å². The van der Waals surface area contributed by atoms with Crippen molar-refractivity contribution < 1.29 is 8.42 Å². The summed E-state index contributed by atoms with van der Waals surface area (Å²) in [6.45, 7) is 3.93. The fourth-order valence-corrected chi connectivity index (χ4v) is 4.51. The highest BCUT2D eigenvalue weighted by Crippen LogP contribution is 2.26. The van der Waals surface area contributed by atoms with Gasteiger partial charge in [-0.3, -0.25) is 0 Å². The molecule has 9 heteroatoms. The van der Waals surface area contributed by atoms with E-state index in [0.717, 1.165) is 47.2 Å². The Balaban J connectivity index is 1.78. The molecule has 0 aliphatic carbocycles. The predicted molar refractivity (Wildman–Crippen MR) is 130 cm³/mol. The van der Waals surface area contributed by atoms with Crippen molar-refractivity contribution in [2.75, 3.05) is 7.05 Å². The fourth-order valence-electron chi connectivity index (χ4n) is 3.93. The zero-order valence-corrected chi connectivity index (χ0v) is 20.2. The third-order valence-electron chi connectivity index (χ3n) is 5.78. The molecule has 0 amide bonds. The highest BCUT2D eigenvalue weighted by molar-refractivity contribution is 7.89. The number of unbranched alkanes of at least 4 members (excludes halogenated alkanes) is 1. The van der Waals surface area contributed by atoms with E-state index < -0.39 is 10.0 Å². The van der Waals surface area contributed by atoms with Crippen LogP contribution in [0.2, 0.25) is 0 Å². The lowest BCUT2D eigenvalue weighted by molar-refractivity contribution is 0.578. The van der Waals surface area contributed by atoms with Gasteiger partial charge in [0.05, 0.1) is 11.6 Å². The maximum Gasteiger partial charge on any atom is 0.283 e. The number of nitrogens with one attached hydrogen (secondary N) is 1. The van der Waals surface area contributed by atoms with Crippen LogP contribution in [0, 0.1) is 18.3 Å². The summed E-state index contributed by atoms with van der Waals surface area (Å²) in [6, 6.07) is 17.8. The van der Waals surface area contributed by atoms with Crippen molar-refractivity contribution in [1.82, 2.24) is 24.3 Å². The summed E-state index contributed by atoms with van der Waals surface area (Å²) in [5.41, 5.74) is 5.79. The number of nitriles is 1. The van der Waals surface area contributed by atoms with Crippen molar-refractivity contribution >= 4 is 15.7 Å². The molecule has 0 radical (unpaired) electrons. The fraction of sp³-hybridized carbons (Fsp3) is 0.280. The van der Waals surface area contributed by atoms with Gasteiger partial charge in [-0.1, -0.05) is 55.8 Å². The molecule has 34 heavy (non-hydrogen) atoms. The quantitative estimate of drug-likeness (QED) is 0.415. The number of aryl methyl sites for hydroxylation is 2. The monoisotopic (exact) mass is 474 g/mol. The molecule has 0 unspecified atom stereocenters. The minimum absolute atomic E-state index is 0.266. The standard InChI is InChI=1S/C25H26N6O2S/c1-4-5-10-23-22(24-29-25(34(32,33)27-3)30-31(24)17(2)28-23)15-18-11-13-19(14-12-18)21-9-7-6-8-20(21)16-26/h6-9,11-14,27H,4-5,10,15H2,1-3H3. The minimum Gasteiger partial charge on any atom is -0.238 e. The van der Waals surface area contributed by atoms with E-state index >= 15 is 0 Å². The van der Waals surface area contributed by atoms with E-state index in [4.69, 9.17) is 4.98 Å². The van der Waals surface area contributed by atoms with Gasteiger partial charge in [-0.25, -0.2) is 18.1 Å². The maximum atomic E-state index is 12.3. The number of hydrogen-bond acceptors (Lipinski definition) is 6. The Bertz CT molecular complexity index is 1480. The minimum atomic E-state index is -3.79.